The normalized spacial score (nSPS) is 10.2. The largest absolute Gasteiger partial charge is 0.326 e. The van der Waals surface area contributed by atoms with Gasteiger partial charge in [0.1, 0.15) is 5.82 Å². The van der Waals surface area contributed by atoms with Gasteiger partial charge in [-0.1, -0.05) is 25.1 Å². The van der Waals surface area contributed by atoms with Crippen molar-refractivity contribution in [3.63, 3.8) is 0 Å². The van der Waals surface area contributed by atoms with Gasteiger partial charge < -0.3 is 10.6 Å². The van der Waals surface area contributed by atoms with Crippen molar-refractivity contribution in [1.82, 2.24) is 0 Å². The molecule has 0 bridgehead atoms. The van der Waals surface area contributed by atoms with E-state index < -0.39 is 0 Å². The summed E-state index contributed by atoms with van der Waals surface area (Å²) < 4.78 is 13.1. The highest BCUT2D eigenvalue weighted by atomic mass is 19.1. The molecular weight excluding hydrogens is 307 g/mol. The van der Waals surface area contributed by atoms with Gasteiger partial charge in [0.05, 0.1) is 0 Å². The van der Waals surface area contributed by atoms with E-state index in [-0.39, 0.29) is 24.1 Å². The molecule has 0 fully saturated rings. The lowest BCUT2D eigenvalue weighted by Crippen LogP contribution is -2.13. The molecule has 0 aliphatic rings. The molecule has 4 nitrogen and oxygen atoms in total. The van der Waals surface area contributed by atoms with Crippen LogP contribution in [0.4, 0.5) is 15.8 Å². The van der Waals surface area contributed by atoms with E-state index in [0.29, 0.717) is 24.2 Å². The number of carbonyl (C=O) groups excluding carboxylic acids is 2. The first-order valence-corrected chi connectivity index (χ1v) is 8.01. The number of nitrogens with one attached hydrogen (secondary N) is 2. The lowest BCUT2D eigenvalue weighted by molar-refractivity contribution is -0.117. The van der Waals surface area contributed by atoms with Crippen LogP contribution in [0.15, 0.2) is 48.5 Å². The Bertz CT molecular complexity index is 716. The Morgan fingerprint density at radius 2 is 1.54 bits per heavy atom. The summed E-state index contributed by atoms with van der Waals surface area (Å²) in [4.78, 5) is 23.6. The predicted octanol–water partition coefficient (Wildman–Crippen LogP) is 4.14. The molecule has 2 N–H and O–H groups in total. The highest BCUT2D eigenvalue weighted by Crippen LogP contribution is 2.16. The van der Waals surface area contributed by atoms with Crippen molar-refractivity contribution in [3.05, 3.63) is 59.9 Å². The molecule has 2 aromatic rings. The molecule has 0 saturated heterocycles. The highest BCUT2D eigenvalue weighted by molar-refractivity contribution is 5.94. The third kappa shape index (κ3) is 5.83. The van der Waals surface area contributed by atoms with Gasteiger partial charge in [-0.15, -0.1) is 0 Å². The summed E-state index contributed by atoms with van der Waals surface area (Å²) in [7, 11) is 0. The third-order valence-electron chi connectivity index (χ3n) is 3.44. The van der Waals surface area contributed by atoms with Crippen LogP contribution in [0.3, 0.4) is 0 Å². The monoisotopic (exact) mass is 328 g/mol. The van der Waals surface area contributed by atoms with Gasteiger partial charge in [-0.3, -0.25) is 9.59 Å². The molecule has 0 aliphatic carbocycles. The van der Waals surface area contributed by atoms with E-state index in [4.69, 9.17) is 0 Å². The molecule has 24 heavy (non-hydrogen) atoms. The lowest BCUT2D eigenvalue weighted by Gasteiger charge is -2.09. The molecule has 0 radical (unpaired) electrons. The van der Waals surface area contributed by atoms with Crippen LogP contribution >= 0.6 is 0 Å². The summed E-state index contributed by atoms with van der Waals surface area (Å²) in [5.41, 5.74) is 2.05. The Morgan fingerprint density at radius 1 is 0.917 bits per heavy atom. The predicted molar refractivity (Wildman–Crippen MR) is 93.3 cm³/mol. The number of hydrogen-bond acceptors (Lipinski definition) is 2. The second kappa shape index (κ2) is 8.82. The third-order valence-corrected chi connectivity index (χ3v) is 3.44. The van der Waals surface area contributed by atoms with Crippen molar-refractivity contribution < 1.29 is 14.0 Å². The van der Waals surface area contributed by atoms with E-state index in [9.17, 15) is 14.0 Å². The van der Waals surface area contributed by atoms with E-state index in [1.54, 1.807) is 36.4 Å². The van der Waals surface area contributed by atoms with E-state index >= 15 is 0 Å². The average molecular weight is 328 g/mol. The SMILES string of the molecule is CCCC(=O)Nc1cccc(NC(=O)CCc2cccc(F)c2)c1. The standard InChI is InChI=1S/C19H21FN2O2/c1-2-5-18(23)21-16-8-4-9-17(13-16)22-19(24)11-10-14-6-3-7-15(20)12-14/h3-4,6-9,12-13H,2,5,10-11H2,1H3,(H,21,23)(H,22,24). The molecule has 0 aromatic heterocycles. The minimum Gasteiger partial charge on any atom is -0.326 e. The number of halogens is 1. The Hall–Kier alpha value is -2.69. The molecule has 0 saturated carbocycles. The van der Waals surface area contributed by atoms with Gasteiger partial charge in [0.15, 0.2) is 0 Å². The van der Waals surface area contributed by atoms with Crippen molar-refractivity contribution in [1.29, 1.82) is 0 Å². The van der Waals surface area contributed by atoms with E-state index in [0.717, 1.165) is 12.0 Å². The van der Waals surface area contributed by atoms with Crippen molar-refractivity contribution in [2.75, 3.05) is 10.6 Å². The second-order valence-corrected chi connectivity index (χ2v) is 5.56. The Labute approximate surface area is 141 Å². The summed E-state index contributed by atoms with van der Waals surface area (Å²) in [6.45, 7) is 1.94. The van der Waals surface area contributed by atoms with Gasteiger partial charge in [-0.2, -0.15) is 0 Å². The zero-order chi connectivity index (χ0) is 17.4. The van der Waals surface area contributed by atoms with Gasteiger partial charge in [0.25, 0.3) is 0 Å². The molecule has 0 aliphatic heterocycles. The smallest absolute Gasteiger partial charge is 0.224 e. The summed E-state index contributed by atoms with van der Waals surface area (Å²) >= 11 is 0. The molecule has 0 unspecified atom stereocenters. The molecule has 0 spiro atoms. The first-order valence-electron chi connectivity index (χ1n) is 8.01. The van der Waals surface area contributed by atoms with E-state index in [1.165, 1.54) is 12.1 Å². The molecule has 2 rings (SSSR count). The van der Waals surface area contributed by atoms with E-state index in [2.05, 4.69) is 10.6 Å². The summed E-state index contributed by atoms with van der Waals surface area (Å²) in [6, 6.07) is 13.2. The van der Waals surface area contributed by atoms with Crippen molar-refractivity contribution in [2.24, 2.45) is 0 Å². The fraction of sp³-hybridized carbons (Fsp3) is 0.263. The number of aryl methyl sites for hydroxylation is 1. The van der Waals surface area contributed by atoms with Gasteiger partial charge in [0, 0.05) is 24.2 Å². The minimum absolute atomic E-state index is 0.0490. The molecular formula is C19H21FN2O2. The number of amides is 2. The van der Waals surface area contributed by atoms with Gasteiger partial charge in [-0.05, 0) is 48.7 Å². The molecule has 0 heterocycles. The fourth-order valence-corrected chi connectivity index (χ4v) is 2.30. The average Bonchev–Trinajstić information content (AvgIpc) is 2.53. The number of rotatable bonds is 7. The Balaban J connectivity index is 1.88. The highest BCUT2D eigenvalue weighted by Gasteiger charge is 2.06. The molecule has 126 valence electrons. The number of anilines is 2. The van der Waals surface area contributed by atoms with Crippen LogP contribution in [0.5, 0.6) is 0 Å². The second-order valence-electron chi connectivity index (χ2n) is 5.56. The summed E-state index contributed by atoms with van der Waals surface area (Å²) in [5, 5.41) is 5.58. The van der Waals surface area contributed by atoms with Gasteiger partial charge in [-0.25, -0.2) is 4.39 Å². The summed E-state index contributed by atoms with van der Waals surface area (Å²) in [5.74, 6) is -0.508. The summed E-state index contributed by atoms with van der Waals surface area (Å²) in [6.07, 6.45) is 1.97. The Kier molecular flexibility index (Phi) is 6.49. The van der Waals surface area contributed by atoms with Crippen LogP contribution in [0.1, 0.15) is 31.7 Å². The molecule has 0 atom stereocenters. The van der Waals surface area contributed by atoms with Crippen LogP contribution in [-0.4, -0.2) is 11.8 Å². The van der Waals surface area contributed by atoms with Gasteiger partial charge >= 0.3 is 0 Å². The van der Waals surface area contributed by atoms with Crippen molar-refractivity contribution in [2.45, 2.75) is 32.6 Å². The zero-order valence-corrected chi connectivity index (χ0v) is 13.6. The minimum atomic E-state index is -0.302. The lowest BCUT2D eigenvalue weighted by atomic mass is 10.1. The maximum atomic E-state index is 13.1. The number of hydrogen-bond donors (Lipinski definition) is 2. The van der Waals surface area contributed by atoms with Crippen LogP contribution in [0.25, 0.3) is 0 Å². The number of benzene rings is 2. The van der Waals surface area contributed by atoms with Gasteiger partial charge in [0.2, 0.25) is 11.8 Å². The first kappa shape index (κ1) is 17.7. The number of carbonyl (C=O) groups is 2. The quantitative estimate of drug-likeness (QED) is 0.802. The van der Waals surface area contributed by atoms with Crippen LogP contribution in [-0.2, 0) is 16.0 Å². The van der Waals surface area contributed by atoms with Crippen LogP contribution < -0.4 is 10.6 Å². The van der Waals surface area contributed by atoms with Crippen LogP contribution in [0, 0.1) is 5.82 Å². The van der Waals surface area contributed by atoms with E-state index in [1.807, 2.05) is 6.92 Å². The molecule has 2 amide bonds. The molecule has 2 aromatic carbocycles. The van der Waals surface area contributed by atoms with Crippen molar-refractivity contribution in [3.8, 4) is 0 Å². The maximum absolute atomic E-state index is 13.1. The first-order chi connectivity index (χ1) is 11.6. The fourth-order valence-electron chi connectivity index (χ4n) is 2.30. The zero-order valence-electron chi connectivity index (χ0n) is 13.6. The maximum Gasteiger partial charge on any atom is 0.224 e. The van der Waals surface area contributed by atoms with Crippen molar-refractivity contribution >= 4 is 23.2 Å². The van der Waals surface area contributed by atoms with Crippen LogP contribution in [0.2, 0.25) is 0 Å². The topological polar surface area (TPSA) is 58.2 Å². The Morgan fingerprint density at radius 3 is 2.17 bits per heavy atom. The molecule has 5 heteroatoms.